The molecule has 0 amide bonds. The summed E-state index contributed by atoms with van der Waals surface area (Å²) in [6, 6.07) is 12.4. The lowest BCUT2D eigenvalue weighted by molar-refractivity contribution is 0.122. The van der Waals surface area contributed by atoms with Crippen LogP contribution in [0, 0.1) is 6.92 Å². The number of para-hydroxylation sites is 1. The van der Waals surface area contributed by atoms with Crippen LogP contribution in [0.5, 0.6) is 0 Å². The second-order valence-corrected chi connectivity index (χ2v) is 9.67. The van der Waals surface area contributed by atoms with E-state index >= 15 is 0 Å². The molecule has 1 aliphatic heterocycles. The quantitative estimate of drug-likeness (QED) is 0.384. The van der Waals surface area contributed by atoms with Gasteiger partial charge in [-0.3, -0.25) is 9.55 Å². The highest BCUT2D eigenvalue weighted by molar-refractivity contribution is 6.35. The van der Waals surface area contributed by atoms with E-state index in [9.17, 15) is 0 Å². The van der Waals surface area contributed by atoms with Crippen LogP contribution in [0.2, 0.25) is 5.02 Å². The van der Waals surface area contributed by atoms with Gasteiger partial charge in [-0.1, -0.05) is 23.7 Å². The third-order valence-corrected chi connectivity index (χ3v) is 7.19. The third kappa shape index (κ3) is 3.47. The zero-order chi connectivity index (χ0) is 23.5. The van der Waals surface area contributed by atoms with Crippen molar-refractivity contribution in [1.29, 1.82) is 0 Å². The number of hydrogen-bond acceptors (Lipinski definition) is 6. The van der Waals surface area contributed by atoms with E-state index in [0.717, 1.165) is 95.5 Å². The molecule has 9 heteroatoms. The molecule has 1 N–H and O–H groups in total. The molecule has 5 aromatic rings. The number of nitrogens with zero attached hydrogens (tertiary/aromatic N) is 6. The van der Waals surface area contributed by atoms with Crippen LogP contribution < -0.4 is 4.90 Å². The number of aromatic amines is 1. The summed E-state index contributed by atoms with van der Waals surface area (Å²) in [6.07, 6.45) is 4.11. The standard InChI is InChI=1S/C26H24ClN7O/c1-15-29-25(32-31-15)19-13-17(33-9-11-35-12-10-33)14-22-24(19)30-26(16-5-6-16)34(22)21-7-8-28-23-18(21)3-2-4-20(23)27/h2-4,7-8,13-14,16H,5-6,9-12H2,1H3,(H,29,31,32). The fourth-order valence-corrected chi connectivity index (χ4v) is 5.24. The van der Waals surface area contributed by atoms with Gasteiger partial charge in [-0.25, -0.2) is 4.98 Å². The first-order chi connectivity index (χ1) is 17.2. The van der Waals surface area contributed by atoms with Crippen LogP contribution in [-0.2, 0) is 4.74 Å². The van der Waals surface area contributed by atoms with Gasteiger partial charge in [0.15, 0.2) is 5.82 Å². The summed E-state index contributed by atoms with van der Waals surface area (Å²) in [6.45, 7) is 5.04. The molecule has 2 aromatic carbocycles. The highest BCUT2D eigenvalue weighted by Crippen LogP contribution is 2.44. The maximum atomic E-state index is 6.53. The molecule has 8 nitrogen and oxygen atoms in total. The summed E-state index contributed by atoms with van der Waals surface area (Å²) < 4.78 is 7.93. The Morgan fingerprint density at radius 3 is 2.69 bits per heavy atom. The minimum atomic E-state index is 0.431. The molecule has 7 rings (SSSR count). The fraction of sp³-hybridized carbons (Fsp3) is 0.308. The van der Waals surface area contributed by atoms with Crippen LogP contribution in [-0.4, -0.2) is 56.0 Å². The van der Waals surface area contributed by atoms with Gasteiger partial charge in [-0.2, -0.15) is 0 Å². The fourth-order valence-electron chi connectivity index (χ4n) is 5.02. The van der Waals surface area contributed by atoms with Gasteiger partial charge < -0.3 is 14.6 Å². The lowest BCUT2D eigenvalue weighted by Crippen LogP contribution is -2.36. The molecule has 0 atom stereocenters. The molecule has 0 unspecified atom stereocenters. The number of halogens is 1. The zero-order valence-corrected chi connectivity index (χ0v) is 20.1. The van der Waals surface area contributed by atoms with Crippen LogP contribution in [0.3, 0.4) is 0 Å². The molecule has 0 spiro atoms. The number of rotatable bonds is 4. The Morgan fingerprint density at radius 1 is 1.06 bits per heavy atom. The monoisotopic (exact) mass is 485 g/mol. The highest BCUT2D eigenvalue weighted by Gasteiger charge is 2.32. The predicted molar refractivity (Wildman–Crippen MR) is 137 cm³/mol. The number of nitrogens with one attached hydrogen (secondary N) is 1. The number of fused-ring (bicyclic) bond motifs is 2. The molecule has 176 valence electrons. The Hall–Kier alpha value is -3.49. The molecule has 1 saturated heterocycles. The SMILES string of the molecule is Cc1nnc(-c2cc(N3CCOCC3)cc3c2nc(C2CC2)n3-c2ccnc3c(Cl)cccc23)[nH]1. The van der Waals surface area contributed by atoms with E-state index in [0.29, 0.717) is 10.9 Å². The lowest BCUT2D eigenvalue weighted by Gasteiger charge is -2.29. The number of anilines is 1. The van der Waals surface area contributed by atoms with Crippen molar-refractivity contribution >= 4 is 39.2 Å². The maximum absolute atomic E-state index is 6.53. The van der Waals surface area contributed by atoms with Gasteiger partial charge in [-0.05, 0) is 44.0 Å². The number of morpholine rings is 1. The Labute approximate surface area is 206 Å². The average Bonchev–Trinajstić information content (AvgIpc) is 3.53. The number of hydrogen-bond donors (Lipinski definition) is 1. The van der Waals surface area contributed by atoms with E-state index in [-0.39, 0.29) is 0 Å². The number of H-pyrrole nitrogens is 1. The first-order valence-electron chi connectivity index (χ1n) is 12.0. The molecule has 2 fully saturated rings. The van der Waals surface area contributed by atoms with E-state index in [1.165, 1.54) is 0 Å². The average molecular weight is 486 g/mol. The molecule has 2 aliphatic rings. The molecule has 35 heavy (non-hydrogen) atoms. The van der Waals surface area contributed by atoms with Gasteiger partial charge in [0, 0.05) is 41.8 Å². The summed E-state index contributed by atoms with van der Waals surface area (Å²) in [5, 5.41) is 10.3. The van der Waals surface area contributed by atoms with Crippen LogP contribution in [0.15, 0.2) is 42.6 Å². The second-order valence-electron chi connectivity index (χ2n) is 9.27. The van der Waals surface area contributed by atoms with Crippen LogP contribution in [0.4, 0.5) is 5.69 Å². The van der Waals surface area contributed by atoms with E-state index in [1.54, 1.807) is 0 Å². The predicted octanol–water partition coefficient (Wildman–Crippen LogP) is 5.03. The summed E-state index contributed by atoms with van der Waals surface area (Å²) in [4.78, 5) is 15.5. The van der Waals surface area contributed by atoms with E-state index in [4.69, 9.17) is 21.3 Å². The number of imidazole rings is 1. The van der Waals surface area contributed by atoms with E-state index in [2.05, 4.69) is 53.9 Å². The Morgan fingerprint density at radius 2 is 1.91 bits per heavy atom. The number of ether oxygens (including phenoxy) is 1. The molecule has 0 bridgehead atoms. The summed E-state index contributed by atoms with van der Waals surface area (Å²) >= 11 is 6.53. The Bertz CT molecular complexity index is 1580. The van der Waals surface area contributed by atoms with Crippen LogP contribution >= 0.6 is 11.6 Å². The highest BCUT2D eigenvalue weighted by atomic mass is 35.5. The van der Waals surface area contributed by atoms with E-state index in [1.807, 2.05) is 25.3 Å². The first-order valence-corrected chi connectivity index (χ1v) is 12.4. The molecule has 4 heterocycles. The van der Waals surface area contributed by atoms with Crippen molar-refractivity contribution in [2.45, 2.75) is 25.7 Å². The van der Waals surface area contributed by atoms with Crippen molar-refractivity contribution in [2.24, 2.45) is 0 Å². The largest absolute Gasteiger partial charge is 0.378 e. The molecule has 3 aromatic heterocycles. The van der Waals surface area contributed by atoms with Gasteiger partial charge in [-0.15, -0.1) is 10.2 Å². The molecule has 0 radical (unpaired) electrons. The molecule has 1 saturated carbocycles. The third-order valence-electron chi connectivity index (χ3n) is 6.88. The van der Waals surface area contributed by atoms with Crippen molar-refractivity contribution in [2.75, 3.05) is 31.2 Å². The Balaban J connectivity index is 1.55. The summed E-state index contributed by atoms with van der Waals surface area (Å²) in [7, 11) is 0. The maximum Gasteiger partial charge on any atom is 0.163 e. The van der Waals surface area contributed by atoms with Crippen LogP contribution in [0.1, 0.15) is 30.4 Å². The minimum Gasteiger partial charge on any atom is -0.378 e. The van der Waals surface area contributed by atoms with Gasteiger partial charge in [0.05, 0.1) is 35.0 Å². The number of aromatic nitrogens is 6. The summed E-state index contributed by atoms with van der Waals surface area (Å²) in [5.41, 5.74) is 5.90. The molecule has 1 aliphatic carbocycles. The summed E-state index contributed by atoms with van der Waals surface area (Å²) in [5.74, 6) is 3.02. The Kier molecular flexibility index (Phi) is 4.78. The number of pyridine rings is 1. The van der Waals surface area contributed by atoms with Crippen molar-refractivity contribution in [3.63, 3.8) is 0 Å². The lowest BCUT2D eigenvalue weighted by atomic mass is 10.1. The van der Waals surface area contributed by atoms with Gasteiger partial charge >= 0.3 is 0 Å². The van der Waals surface area contributed by atoms with Gasteiger partial charge in [0.2, 0.25) is 0 Å². The smallest absolute Gasteiger partial charge is 0.163 e. The first kappa shape index (κ1) is 20.8. The second kappa shape index (κ2) is 8.03. The van der Waals surface area contributed by atoms with Crippen LogP contribution in [0.25, 0.3) is 39.0 Å². The van der Waals surface area contributed by atoms with Gasteiger partial charge in [0.25, 0.3) is 0 Å². The molecular formula is C26H24ClN7O. The van der Waals surface area contributed by atoms with Gasteiger partial charge in [0.1, 0.15) is 17.2 Å². The number of aryl methyl sites for hydroxylation is 1. The number of benzene rings is 2. The van der Waals surface area contributed by atoms with Crippen molar-refractivity contribution < 1.29 is 4.74 Å². The molecular weight excluding hydrogens is 462 g/mol. The van der Waals surface area contributed by atoms with Crippen molar-refractivity contribution in [1.82, 2.24) is 29.7 Å². The van der Waals surface area contributed by atoms with E-state index < -0.39 is 0 Å². The normalized spacial score (nSPS) is 16.5. The minimum absolute atomic E-state index is 0.431. The topological polar surface area (TPSA) is 84.8 Å². The van der Waals surface area contributed by atoms with Crippen molar-refractivity contribution in [3.05, 3.63) is 59.3 Å². The van der Waals surface area contributed by atoms with Crippen molar-refractivity contribution in [3.8, 4) is 17.1 Å². The zero-order valence-electron chi connectivity index (χ0n) is 19.3.